The van der Waals surface area contributed by atoms with Crippen molar-refractivity contribution in [3.63, 3.8) is 0 Å². The molecule has 0 spiro atoms. The first-order chi connectivity index (χ1) is 15.0. The molecule has 1 amide bonds. The highest BCUT2D eigenvalue weighted by Crippen LogP contribution is 2.28. The Bertz CT molecular complexity index is 1330. The fraction of sp³-hybridized carbons (Fsp3) is 0.160. The molecule has 1 aromatic heterocycles. The van der Waals surface area contributed by atoms with Crippen molar-refractivity contribution in [3.05, 3.63) is 96.2 Å². The zero-order chi connectivity index (χ0) is 21.8. The zero-order valence-electron chi connectivity index (χ0n) is 17.3. The molecule has 0 unspecified atom stereocenters. The van der Waals surface area contributed by atoms with Gasteiger partial charge in [0.15, 0.2) is 9.84 Å². The Kier molecular flexibility index (Phi) is 5.91. The van der Waals surface area contributed by atoms with E-state index < -0.39 is 9.84 Å². The molecule has 0 radical (unpaired) electrons. The van der Waals surface area contributed by atoms with Crippen LogP contribution in [-0.2, 0) is 33.4 Å². The van der Waals surface area contributed by atoms with Gasteiger partial charge >= 0.3 is 0 Å². The monoisotopic (exact) mass is 432 g/mol. The van der Waals surface area contributed by atoms with Crippen molar-refractivity contribution in [1.29, 1.82) is 0 Å². The van der Waals surface area contributed by atoms with Gasteiger partial charge in [-0.05, 0) is 29.7 Å². The van der Waals surface area contributed by atoms with Gasteiger partial charge in [-0.1, -0.05) is 73.7 Å². The number of fused-ring (bicyclic) bond motifs is 1. The third kappa shape index (κ3) is 4.54. The summed E-state index contributed by atoms with van der Waals surface area (Å²) in [5, 5.41) is 3.58. The molecule has 0 saturated heterocycles. The molecular weight excluding hydrogens is 408 g/mol. The maximum absolute atomic E-state index is 13.2. The van der Waals surface area contributed by atoms with Crippen molar-refractivity contribution >= 4 is 32.3 Å². The smallest absolute Gasteiger partial charge is 0.244 e. The van der Waals surface area contributed by atoms with E-state index in [1.165, 1.54) is 0 Å². The molecular formula is C25H24N2O3S. The molecule has 31 heavy (non-hydrogen) atoms. The number of sulfone groups is 1. The van der Waals surface area contributed by atoms with Crippen LogP contribution in [0.4, 0.5) is 5.69 Å². The van der Waals surface area contributed by atoms with E-state index >= 15 is 0 Å². The Morgan fingerprint density at radius 3 is 2.35 bits per heavy atom. The van der Waals surface area contributed by atoms with E-state index in [2.05, 4.69) is 5.32 Å². The van der Waals surface area contributed by atoms with Crippen LogP contribution >= 0.6 is 0 Å². The number of aromatic nitrogens is 1. The number of benzene rings is 3. The van der Waals surface area contributed by atoms with E-state index in [-0.39, 0.29) is 23.1 Å². The molecule has 0 fully saturated rings. The van der Waals surface area contributed by atoms with Gasteiger partial charge < -0.3 is 9.88 Å². The van der Waals surface area contributed by atoms with Crippen LogP contribution < -0.4 is 5.32 Å². The van der Waals surface area contributed by atoms with Crippen molar-refractivity contribution < 1.29 is 13.2 Å². The lowest BCUT2D eigenvalue weighted by atomic mass is 10.1. The molecule has 0 aliphatic rings. The number of aryl methyl sites for hydroxylation is 1. The van der Waals surface area contributed by atoms with Crippen LogP contribution in [-0.4, -0.2) is 18.9 Å². The lowest BCUT2D eigenvalue weighted by Gasteiger charge is -2.10. The number of hydrogen-bond donors (Lipinski definition) is 1. The quantitative estimate of drug-likeness (QED) is 0.455. The Balaban J connectivity index is 1.64. The van der Waals surface area contributed by atoms with Crippen LogP contribution in [0.2, 0.25) is 0 Å². The molecule has 1 N–H and O–H groups in total. The molecule has 4 aromatic rings. The second kappa shape index (κ2) is 8.78. The van der Waals surface area contributed by atoms with Crippen LogP contribution in [0.3, 0.4) is 0 Å². The summed E-state index contributed by atoms with van der Waals surface area (Å²) in [6, 6.07) is 24.1. The molecule has 4 rings (SSSR count). The lowest BCUT2D eigenvalue weighted by molar-refractivity contribution is -0.116. The maximum atomic E-state index is 13.2. The molecule has 0 aliphatic carbocycles. The number of carbonyl (C=O) groups excluding carboxylic acids is 1. The van der Waals surface area contributed by atoms with E-state index in [4.69, 9.17) is 0 Å². The normalized spacial score (nSPS) is 11.5. The minimum absolute atomic E-state index is 0.0272. The summed E-state index contributed by atoms with van der Waals surface area (Å²) in [7, 11) is -3.58. The number of para-hydroxylation sites is 2. The number of nitrogens with zero attached hydrogens (tertiary/aromatic N) is 1. The summed E-state index contributed by atoms with van der Waals surface area (Å²) in [5.41, 5.74) is 3.28. The van der Waals surface area contributed by atoms with Crippen LogP contribution in [0.25, 0.3) is 10.9 Å². The summed E-state index contributed by atoms with van der Waals surface area (Å²) in [4.78, 5) is 13.0. The molecule has 3 aromatic carbocycles. The average Bonchev–Trinajstić information content (AvgIpc) is 3.14. The molecule has 0 saturated carbocycles. The minimum atomic E-state index is -3.58. The SMILES string of the molecule is CCc1ccccc1NC(=O)Cn1cc(S(=O)(=O)Cc2ccccc2)c2ccccc21. The first-order valence-corrected chi connectivity index (χ1v) is 11.9. The van der Waals surface area contributed by atoms with E-state index in [1.54, 1.807) is 29.0 Å². The number of nitrogens with one attached hydrogen (secondary N) is 1. The molecule has 1 heterocycles. The maximum Gasteiger partial charge on any atom is 0.244 e. The first kappa shape index (κ1) is 20.9. The Morgan fingerprint density at radius 1 is 0.903 bits per heavy atom. The molecule has 5 nitrogen and oxygen atoms in total. The summed E-state index contributed by atoms with van der Waals surface area (Å²) in [6.07, 6.45) is 2.39. The van der Waals surface area contributed by atoms with Crippen LogP contribution in [0.15, 0.2) is 90.0 Å². The third-order valence-electron chi connectivity index (χ3n) is 5.27. The minimum Gasteiger partial charge on any atom is -0.337 e. The highest BCUT2D eigenvalue weighted by molar-refractivity contribution is 7.90. The first-order valence-electron chi connectivity index (χ1n) is 10.2. The van der Waals surface area contributed by atoms with Crippen LogP contribution in [0.1, 0.15) is 18.1 Å². The second-order valence-corrected chi connectivity index (χ2v) is 9.40. The van der Waals surface area contributed by atoms with E-state index in [9.17, 15) is 13.2 Å². The Hall–Kier alpha value is -3.38. The number of carbonyl (C=O) groups is 1. The molecule has 158 valence electrons. The highest BCUT2D eigenvalue weighted by Gasteiger charge is 2.22. The summed E-state index contributed by atoms with van der Waals surface area (Å²) >= 11 is 0. The van der Waals surface area contributed by atoms with Gasteiger partial charge in [-0.3, -0.25) is 4.79 Å². The zero-order valence-corrected chi connectivity index (χ0v) is 18.1. The van der Waals surface area contributed by atoms with Gasteiger partial charge in [-0.25, -0.2) is 8.42 Å². The van der Waals surface area contributed by atoms with Gasteiger partial charge in [0.25, 0.3) is 0 Å². The number of hydrogen-bond acceptors (Lipinski definition) is 3. The molecule has 0 atom stereocenters. The third-order valence-corrected chi connectivity index (χ3v) is 6.98. The number of rotatable bonds is 7. The van der Waals surface area contributed by atoms with Crippen molar-refractivity contribution in [1.82, 2.24) is 4.57 Å². The average molecular weight is 433 g/mol. The van der Waals surface area contributed by atoms with Gasteiger partial charge in [-0.15, -0.1) is 0 Å². The number of anilines is 1. The van der Waals surface area contributed by atoms with Gasteiger partial charge in [-0.2, -0.15) is 0 Å². The van der Waals surface area contributed by atoms with Crippen LogP contribution in [0, 0.1) is 0 Å². The largest absolute Gasteiger partial charge is 0.337 e. The van der Waals surface area contributed by atoms with Crippen molar-refractivity contribution in [2.45, 2.75) is 30.5 Å². The van der Waals surface area contributed by atoms with Crippen molar-refractivity contribution in [3.8, 4) is 0 Å². The molecule has 6 heteroatoms. The fourth-order valence-corrected chi connectivity index (χ4v) is 5.34. The van der Waals surface area contributed by atoms with Crippen LogP contribution in [0.5, 0.6) is 0 Å². The predicted octanol–water partition coefficient (Wildman–Crippen LogP) is 4.82. The van der Waals surface area contributed by atoms with E-state index in [1.807, 2.05) is 67.6 Å². The van der Waals surface area contributed by atoms with E-state index in [0.717, 1.165) is 23.2 Å². The standard InChI is InChI=1S/C25H24N2O3S/c1-2-20-12-6-8-14-22(20)26-25(28)17-27-16-24(21-13-7-9-15-23(21)27)31(29,30)18-19-10-4-3-5-11-19/h3-16H,2,17-18H2,1H3,(H,26,28). The highest BCUT2D eigenvalue weighted by atomic mass is 32.2. The predicted molar refractivity (Wildman–Crippen MR) is 124 cm³/mol. The second-order valence-electron chi connectivity index (χ2n) is 7.44. The lowest BCUT2D eigenvalue weighted by Crippen LogP contribution is -2.19. The van der Waals surface area contributed by atoms with Gasteiger partial charge in [0.1, 0.15) is 6.54 Å². The topological polar surface area (TPSA) is 68.2 Å². The number of amides is 1. The Morgan fingerprint density at radius 2 is 1.58 bits per heavy atom. The molecule has 0 aliphatic heterocycles. The van der Waals surface area contributed by atoms with Crippen molar-refractivity contribution in [2.75, 3.05) is 5.32 Å². The fourth-order valence-electron chi connectivity index (χ4n) is 3.76. The van der Waals surface area contributed by atoms with E-state index in [0.29, 0.717) is 10.9 Å². The summed E-state index contributed by atoms with van der Waals surface area (Å²) in [6.45, 7) is 2.06. The summed E-state index contributed by atoms with van der Waals surface area (Å²) < 4.78 is 28.1. The van der Waals surface area contributed by atoms with Gasteiger partial charge in [0.05, 0.1) is 10.6 Å². The van der Waals surface area contributed by atoms with Crippen molar-refractivity contribution in [2.24, 2.45) is 0 Å². The molecule has 0 bridgehead atoms. The Labute approximate surface area is 182 Å². The summed E-state index contributed by atoms with van der Waals surface area (Å²) in [5.74, 6) is -0.286. The van der Waals surface area contributed by atoms with Gasteiger partial charge in [0, 0.05) is 22.8 Å². The van der Waals surface area contributed by atoms with Gasteiger partial charge in [0.2, 0.25) is 5.91 Å².